The van der Waals surface area contributed by atoms with E-state index in [9.17, 15) is 18.0 Å². The van der Waals surface area contributed by atoms with Gasteiger partial charge in [0.2, 0.25) is 11.8 Å². The first-order valence-electron chi connectivity index (χ1n) is 14.3. The molecule has 0 aliphatic rings. The number of nitrogens with zero attached hydrogens (tertiary/aromatic N) is 2. The quantitative estimate of drug-likeness (QED) is 0.179. The van der Waals surface area contributed by atoms with Gasteiger partial charge in [-0.15, -0.1) is 0 Å². The van der Waals surface area contributed by atoms with Gasteiger partial charge in [0.05, 0.1) is 17.7 Å². The van der Waals surface area contributed by atoms with Crippen LogP contribution in [0.2, 0.25) is 10.0 Å². The smallest absolute Gasteiger partial charge is 0.264 e. The average molecular weight is 669 g/mol. The number of hydrogen-bond acceptors (Lipinski definition) is 5. The molecule has 4 aromatic rings. The molecule has 1 unspecified atom stereocenters. The monoisotopic (exact) mass is 667 g/mol. The molecule has 2 amide bonds. The van der Waals surface area contributed by atoms with Gasteiger partial charge in [0.1, 0.15) is 18.3 Å². The number of halogens is 2. The third-order valence-electron chi connectivity index (χ3n) is 6.93. The van der Waals surface area contributed by atoms with Crippen molar-refractivity contribution in [1.29, 1.82) is 0 Å². The third-order valence-corrected chi connectivity index (χ3v) is 9.16. The molecule has 4 rings (SSSR count). The van der Waals surface area contributed by atoms with Crippen molar-refractivity contribution in [3.05, 3.63) is 124 Å². The highest BCUT2D eigenvalue weighted by Crippen LogP contribution is 2.30. The number of benzene rings is 4. The number of ether oxygens (including phenoxy) is 1. The van der Waals surface area contributed by atoms with Crippen molar-refractivity contribution in [3.63, 3.8) is 0 Å². The lowest BCUT2D eigenvalue weighted by Gasteiger charge is -2.34. The van der Waals surface area contributed by atoms with Gasteiger partial charge in [-0.05, 0) is 67.4 Å². The van der Waals surface area contributed by atoms with E-state index in [4.69, 9.17) is 27.9 Å². The number of rotatable bonds is 13. The lowest BCUT2D eigenvalue weighted by molar-refractivity contribution is -0.140. The summed E-state index contributed by atoms with van der Waals surface area (Å²) in [5.41, 5.74) is 1.64. The van der Waals surface area contributed by atoms with Gasteiger partial charge in [0, 0.05) is 29.1 Å². The van der Waals surface area contributed by atoms with E-state index in [1.54, 1.807) is 43.5 Å². The van der Waals surface area contributed by atoms with Crippen molar-refractivity contribution in [2.24, 2.45) is 0 Å². The standard InChI is InChI=1S/C34H35Cl2N3O5S/c1-24(2)37-34(41)32(18-25-11-6-4-7-12-25)38(22-26-13-10-14-30(17-26)44-3)33(40)23-39(29-20-27(35)19-28(36)21-29)45(42,43)31-15-8-5-9-16-31/h4-17,19-21,24,32H,18,22-23H2,1-3H3,(H,37,41). The van der Waals surface area contributed by atoms with Crippen molar-refractivity contribution >= 4 is 50.7 Å². The van der Waals surface area contributed by atoms with Crippen molar-refractivity contribution in [3.8, 4) is 5.75 Å². The normalized spacial score (nSPS) is 12.0. The molecule has 0 fully saturated rings. The summed E-state index contributed by atoms with van der Waals surface area (Å²) in [7, 11) is -2.74. The number of methoxy groups -OCH3 is 1. The second kappa shape index (κ2) is 15.3. The summed E-state index contributed by atoms with van der Waals surface area (Å²) in [6.07, 6.45) is 0.198. The minimum atomic E-state index is -4.28. The molecule has 0 aliphatic carbocycles. The molecule has 4 aromatic carbocycles. The van der Waals surface area contributed by atoms with Crippen LogP contribution in [0, 0.1) is 0 Å². The van der Waals surface area contributed by atoms with Crippen LogP contribution in [0.4, 0.5) is 5.69 Å². The molecule has 0 radical (unpaired) electrons. The second-order valence-electron chi connectivity index (χ2n) is 10.7. The van der Waals surface area contributed by atoms with E-state index < -0.39 is 28.5 Å². The van der Waals surface area contributed by atoms with Gasteiger partial charge in [-0.1, -0.05) is 83.9 Å². The molecule has 0 spiro atoms. The second-order valence-corrected chi connectivity index (χ2v) is 13.4. The Morgan fingerprint density at radius 1 is 0.822 bits per heavy atom. The largest absolute Gasteiger partial charge is 0.497 e. The summed E-state index contributed by atoms with van der Waals surface area (Å²) in [5.74, 6) is -0.394. The molecule has 0 saturated carbocycles. The van der Waals surface area contributed by atoms with E-state index in [0.717, 1.165) is 9.87 Å². The van der Waals surface area contributed by atoms with Crippen LogP contribution in [0.1, 0.15) is 25.0 Å². The number of carbonyl (C=O) groups excluding carboxylic acids is 2. The molecule has 0 bridgehead atoms. The van der Waals surface area contributed by atoms with Gasteiger partial charge in [0.25, 0.3) is 10.0 Å². The number of hydrogen-bond donors (Lipinski definition) is 1. The van der Waals surface area contributed by atoms with Gasteiger partial charge >= 0.3 is 0 Å². The first-order chi connectivity index (χ1) is 21.5. The molecule has 0 heterocycles. The molecule has 11 heteroatoms. The highest BCUT2D eigenvalue weighted by Gasteiger charge is 2.35. The summed E-state index contributed by atoms with van der Waals surface area (Å²) >= 11 is 12.6. The zero-order valence-electron chi connectivity index (χ0n) is 25.2. The predicted molar refractivity (Wildman–Crippen MR) is 178 cm³/mol. The number of anilines is 1. The topological polar surface area (TPSA) is 96.0 Å². The Balaban J connectivity index is 1.83. The summed E-state index contributed by atoms with van der Waals surface area (Å²) in [6.45, 7) is 3.05. The van der Waals surface area contributed by atoms with Gasteiger partial charge in [-0.2, -0.15) is 0 Å². The van der Waals surface area contributed by atoms with E-state index >= 15 is 0 Å². The Hall–Kier alpha value is -4.05. The number of nitrogens with one attached hydrogen (secondary N) is 1. The summed E-state index contributed by atoms with van der Waals surface area (Å²) in [5, 5.41) is 3.34. The van der Waals surface area contributed by atoms with Crippen LogP contribution in [-0.4, -0.2) is 50.9 Å². The van der Waals surface area contributed by atoms with Crippen molar-refractivity contribution in [2.75, 3.05) is 18.0 Å². The van der Waals surface area contributed by atoms with E-state index in [-0.39, 0.29) is 45.5 Å². The van der Waals surface area contributed by atoms with Crippen molar-refractivity contribution in [2.45, 2.75) is 43.8 Å². The van der Waals surface area contributed by atoms with Gasteiger partial charge in [-0.25, -0.2) is 8.42 Å². The van der Waals surface area contributed by atoms with Crippen LogP contribution in [0.25, 0.3) is 0 Å². The van der Waals surface area contributed by atoms with E-state index in [1.807, 2.05) is 50.2 Å². The minimum Gasteiger partial charge on any atom is -0.497 e. The number of sulfonamides is 1. The van der Waals surface area contributed by atoms with Gasteiger partial charge in [-0.3, -0.25) is 13.9 Å². The predicted octanol–water partition coefficient (Wildman–Crippen LogP) is 6.36. The molecule has 1 N–H and O–H groups in total. The maximum atomic E-state index is 14.5. The van der Waals surface area contributed by atoms with Crippen molar-refractivity contribution < 1.29 is 22.7 Å². The van der Waals surface area contributed by atoms with Crippen LogP contribution in [-0.2, 0) is 32.6 Å². The molecular formula is C34H35Cl2N3O5S. The zero-order chi connectivity index (χ0) is 32.6. The Bertz CT molecular complexity index is 1700. The fourth-order valence-corrected chi connectivity index (χ4v) is 6.77. The first-order valence-corrected chi connectivity index (χ1v) is 16.5. The van der Waals surface area contributed by atoms with E-state index in [1.165, 1.54) is 35.2 Å². The molecule has 0 saturated heterocycles. The SMILES string of the molecule is COc1cccc(CN(C(=O)CN(c2cc(Cl)cc(Cl)c2)S(=O)(=O)c2ccccc2)C(Cc2ccccc2)C(=O)NC(C)C)c1. The first kappa shape index (κ1) is 33.8. The molecule has 8 nitrogen and oxygen atoms in total. The molecule has 0 aliphatic heterocycles. The zero-order valence-corrected chi connectivity index (χ0v) is 27.5. The summed E-state index contributed by atoms with van der Waals surface area (Å²) in [4.78, 5) is 29.7. The van der Waals surface area contributed by atoms with Crippen LogP contribution in [0.5, 0.6) is 5.75 Å². The van der Waals surface area contributed by atoms with Crippen LogP contribution >= 0.6 is 23.2 Å². The molecule has 236 valence electrons. The van der Waals surface area contributed by atoms with E-state index in [0.29, 0.717) is 11.3 Å². The maximum Gasteiger partial charge on any atom is 0.264 e. The number of amides is 2. The molecular weight excluding hydrogens is 633 g/mol. The van der Waals surface area contributed by atoms with Crippen LogP contribution < -0.4 is 14.4 Å². The third kappa shape index (κ3) is 9.00. The van der Waals surface area contributed by atoms with Crippen molar-refractivity contribution in [1.82, 2.24) is 10.2 Å². The Morgan fingerprint density at radius 2 is 1.42 bits per heavy atom. The summed E-state index contributed by atoms with van der Waals surface area (Å²) < 4.78 is 34.5. The Labute approximate surface area is 274 Å². The average Bonchev–Trinajstić information content (AvgIpc) is 3.01. The van der Waals surface area contributed by atoms with Crippen LogP contribution in [0.3, 0.4) is 0 Å². The van der Waals surface area contributed by atoms with Gasteiger partial charge < -0.3 is 15.0 Å². The van der Waals surface area contributed by atoms with Crippen LogP contribution in [0.15, 0.2) is 108 Å². The summed E-state index contributed by atoms with van der Waals surface area (Å²) in [6, 6.07) is 27.4. The maximum absolute atomic E-state index is 14.5. The highest BCUT2D eigenvalue weighted by molar-refractivity contribution is 7.92. The fraction of sp³-hybridized carbons (Fsp3) is 0.235. The minimum absolute atomic E-state index is 0.00851. The lowest BCUT2D eigenvalue weighted by Crippen LogP contribution is -2.54. The Kier molecular flexibility index (Phi) is 11.5. The van der Waals surface area contributed by atoms with E-state index in [2.05, 4.69) is 5.32 Å². The molecule has 1 atom stereocenters. The molecule has 45 heavy (non-hydrogen) atoms. The van der Waals surface area contributed by atoms with Gasteiger partial charge in [0.15, 0.2) is 0 Å². The molecule has 0 aromatic heterocycles. The number of carbonyl (C=O) groups is 2. The fourth-order valence-electron chi connectivity index (χ4n) is 4.83. The Morgan fingerprint density at radius 3 is 2.02 bits per heavy atom. The lowest BCUT2D eigenvalue weighted by atomic mass is 10.0. The highest BCUT2D eigenvalue weighted by atomic mass is 35.5.